The van der Waals surface area contributed by atoms with Crippen molar-refractivity contribution in [3.05, 3.63) is 58.4 Å². The number of alkyl halides is 8. The number of nitrogens with zero attached hydrogens (tertiary/aromatic N) is 4. The maximum Gasteiger partial charge on any atom is 0.418 e. The van der Waals surface area contributed by atoms with Crippen molar-refractivity contribution in [3.63, 3.8) is 0 Å². The molecule has 3 aromatic rings. The Kier molecular flexibility index (Phi) is 6.49. The first-order valence-electron chi connectivity index (χ1n) is 11.8. The van der Waals surface area contributed by atoms with E-state index in [1.54, 1.807) is 0 Å². The van der Waals surface area contributed by atoms with Gasteiger partial charge in [0.1, 0.15) is 11.5 Å². The summed E-state index contributed by atoms with van der Waals surface area (Å²) in [6.07, 6.45) is -12.0. The Bertz CT molecular complexity index is 1460. The van der Waals surface area contributed by atoms with E-state index in [-0.39, 0.29) is 24.9 Å². The Labute approximate surface area is 219 Å². The van der Waals surface area contributed by atoms with Gasteiger partial charge >= 0.3 is 12.4 Å². The molecule has 2 aromatic heterocycles. The summed E-state index contributed by atoms with van der Waals surface area (Å²) in [5.74, 6) is -10.5. The number of amides is 1. The standard InChI is InChI=1S/C24H18F9N5O2/c25-14-4-3-10-2-1-5-38(11-8-22(26,27)9-11)21(39)17-13(23(28,29)30)7-15(34)18(35-17)20-37-36-19(40-20)16(12(14)6-10)24(31,32)33/h3-4,6-7,11,16H,1-2,5,8-9,34H2. The number of carbonyl (C=O) groups excluding carboxylic acids is 1. The van der Waals surface area contributed by atoms with Crippen LogP contribution in [0.3, 0.4) is 0 Å². The number of hydrogen-bond donors (Lipinski definition) is 1. The van der Waals surface area contributed by atoms with E-state index < -0.39 is 94.8 Å². The number of anilines is 1. The number of rotatable bonds is 1. The Hall–Kier alpha value is -3.85. The number of benzene rings is 1. The summed E-state index contributed by atoms with van der Waals surface area (Å²) in [5.41, 5.74) is 0.736. The lowest BCUT2D eigenvalue weighted by Gasteiger charge is -2.42. The first kappa shape index (κ1) is 27.7. The predicted octanol–water partition coefficient (Wildman–Crippen LogP) is 5.75. The first-order chi connectivity index (χ1) is 18.5. The van der Waals surface area contributed by atoms with Gasteiger partial charge in [0.05, 0.1) is 11.3 Å². The Morgan fingerprint density at radius 3 is 2.35 bits per heavy atom. The van der Waals surface area contributed by atoms with Crippen LogP contribution in [0.1, 0.15) is 58.2 Å². The van der Waals surface area contributed by atoms with Crippen LogP contribution in [-0.2, 0) is 12.6 Å². The SMILES string of the molecule is Nc1cc(C(F)(F)F)c2nc1-c1nnc(o1)C(C(F)(F)F)c1cc(ccc1F)CCCN(C1CC(F)(F)C1)C2=O. The Morgan fingerprint density at radius 1 is 1.02 bits per heavy atom. The molecule has 16 heteroatoms. The van der Waals surface area contributed by atoms with Gasteiger partial charge in [-0.2, -0.15) is 26.3 Å². The molecule has 1 unspecified atom stereocenters. The minimum atomic E-state index is -5.17. The monoisotopic (exact) mass is 579 g/mol. The van der Waals surface area contributed by atoms with Crippen molar-refractivity contribution in [2.75, 3.05) is 12.3 Å². The number of fused-ring (bicyclic) bond motifs is 7. The molecule has 6 bridgehead atoms. The molecule has 0 radical (unpaired) electrons. The normalized spacial score (nSPS) is 20.1. The van der Waals surface area contributed by atoms with Crippen LogP contribution >= 0.6 is 0 Å². The van der Waals surface area contributed by atoms with Gasteiger partial charge in [-0.05, 0) is 30.5 Å². The van der Waals surface area contributed by atoms with Gasteiger partial charge in [-0.1, -0.05) is 12.1 Å². The number of nitrogen functional groups attached to an aromatic ring is 1. The van der Waals surface area contributed by atoms with Crippen LogP contribution in [0.5, 0.6) is 0 Å². The number of pyridine rings is 1. The summed E-state index contributed by atoms with van der Waals surface area (Å²) in [4.78, 5) is 17.9. The van der Waals surface area contributed by atoms with E-state index in [0.29, 0.717) is 6.07 Å². The predicted molar refractivity (Wildman–Crippen MR) is 119 cm³/mol. The van der Waals surface area contributed by atoms with Crippen LogP contribution in [0.4, 0.5) is 45.2 Å². The fourth-order valence-corrected chi connectivity index (χ4v) is 4.83. The summed E-state index contributed by atoms with van der Waals surface area (Å²) in [6.45, 7) is -0.335. The molecule has 1 amide bonds. The first-order valence-corrected chi connectivity index (χ1v) is 11.8. The smallest absolute Gasteiger partial charge is 0.418 e. The van der Waals surface area contributed by atoms with Gasteiger partial charge in [-0.15, -0.1) is 10.2 Å². The van der Waals surface area contributed by atoms with Crippen LogP contribution in [0.15, 0.2) is 28.7 Å². The third-order valence-corrected chi connectivity index (χ3v) is 6.78. The lowest BCUT2D eigenvalue weighted by atomic mass is 9.86. The quantitative estimate of drug-likeness (QED) is 0.369. The number of nitrogens with two attached hydrogens (primary N) is 1. The zero-order valence-electron chi connectivity index (χ0n) is 20.1. The van der Waals surface area contributed by atoms with E-state index in [9.17, 15) is 44.3 Å². The second-order valence-electron chi connectivity index (χ2n) is 9.62. The molecular formula is C24H18F9N5O2. The summed E-state index contributed by atoms with van der Waals surface area (Å²) >= 11 is 0. The minimum Gasteiger partial charge on any atom is -0.418 e. The van der Waals surface area contributed by atoms with Crippen LogP contribution in [-0.4, -0.2) is 50.7 Å². The average molecular weight is 579 g/mol. The highest BCUT2D eigenvalue weighted by atomic mass is 19.4. The molecule has 1 aromatic carbocycles. The molecule has 0 saturated heterocycles. The van der Waals surface area contributed by atoms with Gasteiger partial charge in [0.15, 0.2) is 11.6 Å². The summed E-state index contributed by atoms with van der Waals surface area (Å²) < 4.78 is 131. The topological polar surface area (TPSA) is 98.1 Å². The number of aromatic nitrogens is 3. The van der Waals surface area contributed by atoms with Crippen molar-refractivity contribution in [2.45, 2.75) is 55.9 Å². The van der Waals surface area contributed by atoms with Gasteiger partial charge < -0.3 is 15.1 Å². The van der Waals surface area contributed by atoms with Crippen LogP contribution in [0, 0.1) is 5.82 Å². The number of carbonyl (C=O) groups is 1. The van der Waals surface area contributed by atoms with E-state index in [4.69, 9.17) is 10.2 Å². The molecule has 1 saturated carbocycles. The highest BCUT2D eigenvalue weighted by molar-refractivity contribution is 5.95. The maximum absolute atomic E-state index is 14.7. The van der Waals surface area contributed by atoms with Gasteiger partial charge in [-0.25, -0.2) is 18.2 Å². The van der Waals surface area contributed by atoms with Crippen molar-refractivity contribution in [2.24, 2.45) is 0 Å². The fraction of sp³-hybridized carbons (Fsp3) is 0.417. The molecule has 3 heterocycles. The van der Waals surface area contributed by atoms with Crippen LogP contribution in [0.25, 0.3) is 11.6 Å². The maximum atomic E-state index is 14.7. The lowest BCUT2D eigenvalue weighted by Crippen LogP contribution is -2.53. The zero-order chi connectivity index (χ0) is 29.2. The number of hydrogen-bond acceptors (Lipinski definition) is 6. The van der Waals surface area contributed by atoms with Gasteiger partial charge in [0.25, 0.3) is 17.7 Å². The van der Waals surface area contributed by atoms with Crippen LogP contribution in [0.2, 0.25) is 0 Å². The third-order valence-electron chi connectivity index (χ3n) is 6.78. The molecule has 7 nitrogen and oxygen atoms in total. The molecular weight excluding hydrogens is 561 g/mol. The molecule has 2 aliphatic rings. The third kappa shape index (κ3) is 5.06. The molecule has 0 spiro atoms. The summed E-state index contributed by atoms with van der Waals surface area (Å²) in [7, 11) is 0. The Morgan fingerprint density at radius 2 is 1.73 bits per heavy atom. The average Bonchev–Trinajstić information content (AvgIpc) is 3.28. The molecule has 1 fully saturated rings. The Balaban J connectivity index is 1.71. The highest BCUT2D eigenvalue weighted by Gasteiger charge is 2.51. The molecule has 1 aliphatic carbocycles. The van der Waals surface area contributed by atoms with Crippen molar-refractivity contribution in [3.8, 4) is 11.6 Å². The van der Waals surface area contributed by atoms with Crippen molar-refractivity contribution in [1.29, 1.82) is 0 Å². The van der Waals surface area contributed by atoms with Crippen molar-refractivity contribution >= 4 is 11.6 Å². The van der Waals surface area contributed by atoms with Gasteiger partial charge in [0, 0.05) is 31.0 Å². The van der Waals surface area contributed by atoms with E-state index in [1.807, 2.05) is 0 Å². The lowest BCUT2D eigenvalue weighted by molar-refractivity contribution is -0.146. The summed E-state index contributed by atoms with van der Waals surface area (Å²) in [5, 5.41) is 6.76. The molecule has 5 rings (SSSR count). The van der Waals surface area contributed by atoms with Gasteiger partial charge in [0.2, 0.25) is 5.89 Å². The van der Waals surface area contributed by atoms with E-state index in [2.05, 4.69) is 15.2 Å². The minimum absolute atomic E-state index is 0.0527. The van der Waals surface area contributed by atoms with E-state index in [1.165, 1.54) is 6.07 Å². The van der Waals surface area contributed by atoms with Crippen molar-refractivity contribution in [1.82, 2.24) is 20.1 Å². The molecule has 1 atom stereocenters. The zero-order valence-corrected chi connectivity index (χ0v) is 20.1. The molecule has 2 N–H and O–H groups in total. The second kappa shape index (κ2) is 9.37. The number of halogens is 9. The second-order valence-corrected chi connectivity index (χ2v) is 9.62. The largest absolute Gasteiger partial charge is 0.418 e. The fourth-order valence-electron chi connectivity index (χ4n) is 4.83. The van der Waals surface area contributed by atoms with E-state index >= 15 is 0 Å². The van der Waals surface area contributed by atoms with E-state index in [0.717, 1.165) is 17.0 Å². The molecule has 214 valence electrons. The highest BCUT2D eigenvalue weighted by Crippen LogP contribution is 2.44. The van der Waals surface area contributed by atoms with Gasteiger partial charge in [-0.3, -0.25) is 4.79 Å². The molecule has 40 heavy (non-hydrogen) atoms. The molecule has 1 aliphatic heterocycles. The van der Waals surface area contributed by atoms with Crippen LogP contribution < -0.4 is 5.73 Å². The van der Waals surface area contributed by atoms with Crippen molar-refractivity contribution < 1.29 is 48.7 Å². The number of aryl methyl sites for hydroxylation is 1. The summed E-state index contributed by atoms with van der Waals surface area (Å²) in [6, 6.07) is 2.12.